The van der Waals surface area contributed by atoms with E-state index in [2.05, 4.69) is 5.32 Å². The summed E-state index contributed by atoms with van der Waals surface area (Å²) < 4.78 is 36.6. The van der Waals surface area contributed by atoms with Crippen LogP contribution in [0.1, 0.15) is 16.1 Å². The summed E-state index contributed by atoms with van der Waals surface area (Å²) in [6.45, 7) is -0.295. The molecular formula is C15H16N2O7S. The number of nitrogens with one attached hydrogen (secondary N) is 1. The first-order valence-corrected chi connectivity index (χ1v) is 8.53. The Hall–Kier alpha value is -2.85. The normalized spacial score (nSPS) is 11.0. The van der Waals surface area contributed by atoms with E-state index in [1.807, 2.05) is 0 Å². The molecule has 134 valence electrons. The van der Waals surface area contributed by atoms with Gasteiger partial charge in [0.2, 0.25) is 10.9 Å². The fourth-order valence-electron chi connectivity index (χ4n) is 1.78. The third kappa shape index (κ3) is 5.33. The number of esters is 1. The number of sulfonamides is 1. The Morgan fingerprint density at radius 1 is 1.16 bits per heavy atom. The number of benzene rings is 1. The molecule has 25 heavy (non-hydrogen) atoms. The van der Waals surface area contributed by atoms with Crippen LogP contribution in [0.2, 0.25) is 0 Å². The van der Waals surface area contributed by atoms with Gasteiger partial charge in [-0.25, -0.2) is 18.4 Å². The van der Waals surface area contributed by atoms with E-state index in [-0.39, 0.29) is 12.3 Å². The van der Waals surface area contributed by atoms with Crippen LogP contribution in [0.15, 0.2) is 45.9 Å². The van der Waals surface area contributed by atoms with Crippen molar-refractivity contribution in [3.8, 4) is 5.75 Å². The molecule has 1 aromatic carbocycles. The molecule has 0 fully saturated rings. The summed E-state index contributed by atoms with van der Waals surface area (Å²) in [7, 11) is -2.50. The van der Waals surface area contributed by atoms with Crippen LogP contribution in [0.5, 0.6) is 5.75 Å². The van der Waals surface area contributed by atoms with Crippen molar-refractivity contribution in [2.45, 2.75) is 11.6 Å². The van der Waals surface area contributed by atoms with Crippen molar-refractivity contribution in [1.29, 1.82) is 0 Å². The lowest BCUT2D eigenvalue weighted by Gasteiger charge is -2.06. The molecule has 0 unspecified atom stereocenters. The number of primary sulfonamides is 1. The molecule has 10 heteroatoms. The van der Waals surface area contributed by atoms with Crippen molar-refractivity contribution >= 4 is 21.9 Å². The monoisotopic (exact) mass is 368 g/mol. The van der Waals surface area contributed by atoms with Gasteiger partial charge < -0.3 is 19.2 Å². The number of hydrogen-bond donors (Lipinski definition) is 2. The van der Waals surface area contributed by atoms with Crippen molar-refractivity contribution < 1.29 is 31.9 Å². The Bertz CT molecular complexity index is 856. The van der Waals surface area contributed by atoms with Crippen LogP contribution in [-0.2, 0) is 26.1 Å². The lowest BCUT2D eigenvalue weighted by molar-refractivity contribution is -0.124. The maximum absolute atomic E-state index is 11.7. The van der Waals surface area contributed by atoms with Crippen molar-refractivity contribution in [2.24, 2.45) is 5.14 Å². The highest BCUT2D eigenvalue weighted by Gasteiger charge is 2.19. The third-order valence-corrected chi connectivity index (χ3v) is 3.83. The summed E-state index contributed by atoms with van der Waals surface area (Å²) in [4.78, 5) is 23.4. The number of carbonyl (C=O) groups excluding carboxylic acids is 2. The Morgan fingerprint density at radius 2 is 1.84 bits per heavy atom. The van der Waals surface area contributed by atoms with E-state index in [0.29, 0.717) is 5.75 Å². The zero-order valence-electron chi connectivity index (χ0n) is 13.2. The second-order valence-corrected chi connectivity index (χ2v) is 6.36. The van der Waals surface area contributed by atoms with Gasteiger partial charge in [-0.15, -0.1) is 0 Å². The molecule has 0 aliphatic heterocycles. The van der Waals surface area contributed by atoms with E-state index in [0.717, 1.165) is 17.7 Å². The van der Waals surface area contributed by atoms with Gasteiger partial charge in [0.05, 0.1) is 7.11 Å². The number of hydrogen-bond acceptors (Lipinski definition) is 7. The van der Waals surface area contributed by atoms with Crippen LogP contribution >= 0.6 is 0 Å². The minimum Gasteiger partial charge on any atom is -0.497 e. The molecule has 1 amide bonds. The largest absolute Gasteiger partial charge is 0.497 e. The van der Waals surface area contributed by atoms with Crippen LogP contribution in [0.3, 0.4) is 0 Å². The van der Waals surface area contributed by atoms with Gasteiger partial charge in [-0.1, -0.05) is 12.1 Å². The predicted molar refractivity (Wildman–Crippen MR) is 85.2 cm³/mol. The number of rotatable bonds is 7. The number of furan rings is 1. The van der Waals surface area contributed by atoms with E-state index >= 15 is 0 Å². The minimum absolute atomic E-state index is 0.247. The van der Waals surface area contributed by atoms with E-state index in [4.69, 9.17) is 19.0 Å². The molecule has 0 radical (unpaired) electrons. The quantitative estimate of drug-likeness (QED) is 0.675. The lowest BCUT2D eigenvalue weighted by Crippen LogP contribution is -2.28. The van der Waals surface area contributed by atoms with E-state index < -0.39 is 33.6 Å². The SMILES string of the molecule is COc1ccc(CNC(=O)COC(=O)c2ccc(S(N)(=O)=O)o2)cc1. The number of methoxy groups -OCH3 is 1. The molecule has 0 saturated heterocycles. The Balaban J connectivity index is 1.80. The summed E-state index contributed by atoms with van der Waals surface area (Å²) in [5.41, 5.74) is 0.837. The van der Waals surface area contributed by atoms with Gasteiger partial charge in [0.15, 0.2) is 6.61 Å². The summed E-state index contributed by atoms with van der Waals surface area (Å²) in [6, 6.07) is 9.18. The Morgan fingerprint density at radius 3 is 2.40 bits per heavy atom. The number of carbonyl (C=O) groups is 2. The number of ether oxygens (including phenoxy) is 2. The van der Waals surface area contributed by atoms with Crippen LogP contribution in [0.4, 0.5) is 0 Å². The van der Waals surface area contributed by atoms with Gasteiger partial charge in [0.1, 0.15) is 5.75 Å². The second-order valence-electron chi connectivity index (χ2n) is 4.86. The van der Waals surface area contributed by atoms with Gasteiger partial charge in [-0.05, 0) is 29.8 Å². The zero-order valence-corrected chi connectivity index (χ0v) is 14.0. The van der Waals surface area contributed by atoms with Crippen molar-refractivity contribution in [2.75, 3.05) is 13.7 Å². The first kappa shape index (κ1) is 18.5. The molecule has 3 N–H and O–H groups in total. The van der Waals surface area contributed by atoms with Gasteiger partial charge in [0.25, 0.3) is 15.9 Å². The van der Waals surface area contributed by atoms with Gasteiger partial charge in [-0.3, -0.25) is 4.79 Å². The molecule has 0 spiro atoms. The summed E-state index contributed by atoms with van der Waals surface area (Å²) in [5, 5.41) is 6.86. The summed E-state index contributed by atoms with van der Waals surface area (Å²) in [6.07, 6.45) is 0. The molecule has 0 aliphatic rings. The molecule has 9 nitrogen and oxygen atoms in total. The fraction of sp³-hybridized carbons (Fsp3) is 0.200. The standard InChI is InChI=1S/C15H16N2O7S/c1-22-11-4-2-10(3-5-11)8-17-13(18)9-23-15(19)12-6-7-14(24-12)25(16,20)21/h2-7H,8-9H2,1H3,(H,17,18)(H2,16,20,21). The van der Waals surface area contributed by atoms with Crippen LogP contribution in [0, 0.1) is 0 Å². The molecule has 0 atom stereocenters. The van der Waals surface area contributed by atoms with Gasteiger partial charge in [-0.2, -0.15) is 0 Å². The Kier molecular flexibility index (Phi) is 5.78. The number of amides is 1. The number of nitrogens with two attached hydrogens (primary N) is 1. The summed E-state index contributed by atoms with van der Waals surface area (Å²) >= 11 is 0. The maximum atomic E-state index is 11.7. The molecule has 2 aromatic rings. The predicted octanol–water partition coefficient (Wildman–Crippen LogP) is 0.409. The second kappa shape index (κ2) is 7.81. The third-order valence-electron chi connectivity index (χ3n) is 3.05. The Labute approximate surface area is 143 Å². The van der Waals surface area contributed by atoms with Crippen molar-refractivity contribution in [3.05, 3.63) is 47.7 Å². The average Bonchev–Trinajstić information content (AvgIpc) is 3.09. The van der Waals surface area contributed by atoms with Gasteiger partial charge >= 0.3 is 5.97 Å². The molecule has 1 heterocycles. The first-order chi connectivity index (χ1) is 11.8. The average molecular weight is 368 g/mol. The molecule has 0 bridgehead atoms. The van der Waals surface area contributed by atoms with Crippen LogP contribution < -0.4 is 15.2 Å². The smallest absolute Gasteiger partial charge is 0.374 e. The highest BCUT2D eigenvalue weighted by atomic mass is 32.2. The molecule has 0 aliphatic carbocycles. The van der Waals surface area contributed by atoms with E-state index in [1.165, 1.54) is 0 Å². The molecule has 2 rings (SSSR count). The topological polar surface area (TPSA) is 138 Å². The van der Waals surface area contributed by atoms with Crippen molar-refractivity contribution in [3.63, 3.8) is 0 Å². The summed E-state index contributed by atoms with van der Waals surface area (Å²) in [5.74, 6) is -1.18. The lowest BCUT2D eigenvalue weighted by atomic mass is 10.2. The van der Waals surface area contributed by atoms with Crippen LogP contribution in [-0.4, -0.2) is 34.0 Å². The molecule has 0 saturated carbocycles. The first-order valence-electron chi connectivity index (χ1n) is 6.99. The minimum atomic E-state index is -4.05. The maximum Gasteiger partial charge on any atom is 0.374 e. The highest BCUT2D eigenvalue weighted by molar-refractivity contribution is 7.89. The van der Waals surface area contributed by atoms with Crippen molar-refractivity contribution in [1.82, 2.24) is 5.32 Å². The van der Waals surface area contributed by atoms with Crippen LogP contribution in [0.25, 0.3) is 0 Å². The fourth-order valence-corrected chi connectivity index (χ4v) is 2.24. The zero-order chi connectivity index (χ0) is 18.4. The molecule has 1 aromatic heterocycles. The highest BCUT2D eigenvalue weighted by Crippen LogP contribution is 2.13. The molecular weight excluding hydrogens is 352 g/mol. The van der Waals surface area contributed by atoms with E-state index in [9.17, 15) is 18.0 Å². The van der Waals surface area contributed by atoms with E-state index in [1.54, 1.807) is 31.4 Å². The van der Waals surface area contributed by atoms with Gasteiger partial charge in [0, 0.05) is 6.54 Å².